The van der Waals surface area contributed by atoms with E-state index in [1.54, 1.807) is 0 Å². The summed E-state index contributed by atoms with van der Waals surface area (Å²) < 4.78 is 1.27. The van der Waals surface area contributed by atoms with Crippen LogP contribution in [0.5, 0.6) is 0 Å². The minimum absolute atomic E-state index is 0.0306. The molecule has 0 aliphatic heterocycles. The van der Waals surface area contributed by atoms with Gasteiger partial charge in [-0.1, -0.05) is 12.2 Å². The molecule has 0 saturated carbocycles. The fraction of sp³-hybridized carbons (Fsp3) is 0.273. The van der Waals surface area contributed by atoms with Gasteiger partial charge in [0.2, 0.25) is 5.91 Å². The molecule has 1 amide bonds. The van der Waals surface area contributed by atoms with Gasteiger partial charge in [0.05, 0.1) is 0 Å². The lowest BCUT2D eigenvalue weighted by atomic mass is 10.3. The molecule has 1 aromatic rings. The Kier molecular flexibility index (Phi) is 3.88. The lowest BCUT2D eigenvalue weighted by molar-refractivity contribution is -0.121. The van der Waals surface area contributed by atoms with Crippen LogP contribution in [0.15, 0.2) is 35.3 Å². The minimum atomic E-state index is -0.250. The number of anilines is 1. The number of rotatable bonds is 4. The van der Waals surface area contributed by atoms with E-state index < -0.39 is 0 Å². The first-order valence-electron chi connectivity index (χ1n) is 4.86. The Morgan fingerprint density at radius 3 is 2.88 bits per heavy atom. The minimum Gasteiger partial charge on any atom is -0.398 e. The highest BCUT2D eigenvalue weighted by Gasteiger charge is 2.03. The Labute approximate surface area is 93.6 Å². The zero-order valence-electron chi connectivity index (χ0n) is 9.19. The summed E-state index contributed by atoms with van der Waals surface area (Å²) in [6, 6.07) is 2.84. The molecule has 0 bridgehead atoms. The van der Waals surface area contributed by atoms with E-state index in [0.717, 1.165) is 5.57 Å². The lowest BCUT2D eigenvalue weighted by Crippen LogP contribution is -2.32. The fourth-order valence-electron chi connectivity index (χ4n) is 1.13. The van der Waals surface area contributed by atoms with Crippen molar-refractivity contribution in [2.75, 3.05) is 12.3 Å². The first kappa shape index (κ1) is 12.0. The molecule has 0 radical (unpaired) electrons. The predicted octanol–water partition coefficient (Wildman–Crippen LogP) is 0.123. The first-order chi connectivity index (χ1) is 7.49. The number of aromatic nitrogens is 1. The summed E-state index contributed by atoms with van der Waals surface area (Å²) in [5, 5.41) is 2.64. The number of nitrogens with zero attached hydrogens (tertiary/aromatic N) is 1. The lowest BCUT2D eigenvalue weighted by Gasteiger charge is -2.07. The second-order valence-electron chi connectivity index (χ2n) is 3.66. The third kappa shape index (κ3) is 3.61. The van der Waals surface area contributed by atoms with Gasteiger partial charge >= 0.3 is 0 Å². The fourth-order valence-corrected chi connectivity index (χ4v) is 1.13. The van der Waals surface area contributed by atoms with Crippen molar-refractivity contribution in [2.45, 2.75) is 13.5 Å². The van der Waals surface area contributed by atoms with E-state index in [1.165, 1.54) is 22.9 Å². The third-order valence-electron chi connectivity index (χ3n) is 1.91. The van der Waals surface area contributed by atoms with E-state index in [9.17, 15) is 9.59 Å². The van der Waals surface area contributed by atoms with Gasteiger partial charge < -0.3 is 15.6 Å². The number of hydrogen-bond donors (Lipinski definition) is 2. The molecule has 5 nitrogen and oxygen atoms in total. The molecule has 1 rings (SSSR count). The molecule has 0 spiro atoms. The second-order valence-corrected chi connectivity index (χ2v) is 3.66. The molecule has 0 aromatic carbocycles. The molecule has 16 heavy (non-hydrogen) atoms. The van der Waals surface area contributed by atoms with Crippen molar-refractivity contribution < 1.29 is 4.79 Å². The van der Waals surface area contributed by atoms with Crippen LogP contribution >= 0.6 is 0 Å². The van der Waals surface area contributed by atoms with Crippen molar-refractivity contribution in [3.8, 4) is 0 Å². The van der Waals surface area contributed by atoms with Crippen LogP contribution < -0.4 is 16.6 Å². The van der Waals surface area contributed by atoms with E-state index in [1.807, 2.05) is 6.92 Å². The number of amides is 1. The van der Waals surface area contributed by atoms with Gasteiger partial charge in [-0.05, 0) is 13.0 Å². The Morgan fingerprint density at radius 2 is 2.25 bits per heavy atom. The standard InChI is InChI=1S/C11H15N3O2/c1-8(2)5-13-10(15)7-14-6-9(12)3-4-11(14)16/h3-4,6H,1,5,7,12H2,2H3,(H,13,15). The first-order valence-corrected chi connectivity index (χ1v) is 4.86. The quantitative estimate of drug-likeness (QED) is 0.709. The number of hydrogen-bond acceptors (Lipinski definition) is 3. The van der Waals surface area contributed by atoms with Gasteiger partial charge in [0.15, 0.2) is 0 Å². The van der Waals surface area contributed by atoms with Crippen LogP contribution in [0, 0.1) is 0 Å². The van der Waals surface area contributed by atoms with Gasteiger partial charge in [0, 0.05) is 24.5 Å². The molecule has 0 saturated heterocycles. The van der Waals surface area contributed by atoms with E-state index in [2.05, 4.69) is 11.9 Å². The van der Waals surface area contributed by atoms with Crippen LogP contribution in [0.1, 0.15) is 6.92 Å². The van der Waals surface area contributed by atoms with Gasteiger partial charge in [-0.3, -0.25) is 9.59 Å². The van der Waals surface area contributed by atoms with Gasteiger partial charge in [-0.2, -0.15) is 0 Å². The molecule has 0 atom stereocenters. The Balaban J connectivity index is 2.66. The average Bonchev–Trinajstić information content (AvgIpc) is 2.20. The summed E-state index contributed by atoms with van der Waals surface area (Å²) in [6.45, 7) is 5.86. The van der Waals surface area contributed by atoms with Crippen LogP contribution in [-0.4, -0.2) is 17.0 Å². The maximum Gasteiger partial charge on any atom is 0.251 e. The normalized spacial score (nSPS) is 9.81. The van der Waals surface area contributed by atoms with Crippen LogP contribution in [0.3, 0.4) is 0 Å². The number of carbonyl (C=O) groups excluding carboxylic acids is 1. The van der Waals surface area contributed by atoms with E-state index >= 15 is 0 Å². The monoisotopic (exact) mass is 221 g/mol. The highest BCUT2D eigenvalue weighted by Crippen LogP contribution is 1.95. The van der Waals surface area contributed by atoms with Crippen LogP contribution in [-0.2, 0) is 11.3 Å². The maximum atomic E-state index is 11.4. The summed E-state index contributed by atoms with van der Waals surface area (Å²) in [6.07, 6.45) is 1.45. The number of nitrogens with two attached hydrogens (primary N) is 1. The van der Waals surface area contributed by atoms with Crippen LogP contribution in [0.4, 0.5) is 5.69 Å². The number of nitrogens with one attached hydrogen (secondary N) is 1. The molecule has 1 aromatic heterocycles. The van der Waals surface area contributed by atoms with Crippen LogP contribution in [0.2, 0.25) is 0 Å². The highest BCUT2D eigenvalue weighted by atomic mass is 16.2. The van der Waals surface area contributed by atoms with Gasteiger partial charge in [-0.25, -0.2) is 0 Å². The topological polar surface area (TPSA) is 77.1 Å². The van der Waals surface area contributed by atoms with Crippen molar-refractivity contribution in [3.05, 3.63) is 40.8 Å². The number of pyridine rings is 1. The molecular formula is C11H15N3O2. The van der Waals surface area contributed by atoms with Crippen molar-refractivity contribution in [1.29, 1.82) is 0 Å². The summed E-state index contributed by atoms with van der Waals surface area (Å²) in [5.41, 5.74) is 6.58. The third-order valence-corrected chi connectivity index (χ3v) is 1.91. The largest absolute Gasteiger partial charge is 0.398 e. The molecule has 0 fully saturated rings. The summed E-state index contributed by atoms with van der Waals surface area (Å²) >= 11 is 0. The molecule has 0 aliphatic carbocycles. The Morgan fingerprint density at radius 1 is 1.56 bits per heavy atom. The number of carbonyl (C=O) groups is 1. The maximum absolute atomic E-state index is 11.4. The van der Waals surface area contributed by atoms with Gasteiger partial charge in [0.25, 0.3) is 5.56 Å². The van der Waals surface area contributed by atoms with E-state index in [-0.39, 0.29) is 18.0 Å². The summed E-state index contributed by atoms with van der Waals surface area (Å²) in [4.78, 5) is 22.8. The summed E-state index contributed by atoms with van der Waals surface area (Å²) in [7, 11) is 0. The highest BCUT2D eigenvalue weighted by molar-refractivity contribution is 5.76. The molecule has 1 heterocycles. The SMILES string of the molecule is C=C(C)CNC(=O)Cn1cc(N)ccc1=O. The second kappa shape index (κ2) is 5.16. The van der Waals surface area contributed by atoms with E-state index in [0.29, 0.717) is 12.2 Å². The average molecular weight is 221 g/mol. The van der Waals surface area contributed by atoms with Gasteiger partial charge in [-0.15, -0.1) is 0 Å². The summed E-state index contributed by atoms with van der Waals surface area (Å²) in [5.74, 6) is -0.240. The molecule has 0 unspecified atom stereocenters. The van der Waals surface area contributed by atoms with Crippen molar-refractivity contribution >= 4 is 11.6 Å². The number of nitrogen functional groups attached to an aromatic ring is 1. The molecule has 0 aliphatic rings. The van der Waals surface area contributed by atoms with Crippen molar-refractivity contribution in [3.63, 3.8) is 0 Å². The molecular weight excluding hydrogens is 206 g/mol. The van der Waals surface area contributed by atoms with Crippen molar-refractivity contribution in [1.82, 2.24) is 9.88 Å². The predicted molar refractivity (Wildman–Crippen MR) is 62.9 cm³/mol. The zero-order chi connectivity index (χ0) is 12.1. The molecule has 5 heteroatoms. The van der Waals surface area contributed by atoms with Gasteiger partial charge in [0.1, 0.15) is 6.54 Å². The molecule has 3 N–H and O–H groups in total. The Bertz CT molecular complexity index is 463. The zero-order valence-corrected chi connectivity index (χ0v) is 9.19. The Hall–Kier alpha value is -2.04. The van der Waals surface area contributed by atoms with Crippen LogP contribution in [0.25, 0.3) is 0 Å². The molecule has 86 valence electrons. The van der Waals surface area contributed by atoms with E-state index in [4.69, 9.17) is 5.73 Å². The van der Waals surface area contributed by atoms with Crippen molar-refractivity contribution in [2.24, 2.45) is 0 Å². The smallest absolute Gasteiger partial charge is 0.251 e.